The van der Waals surface area contributed by atoms with Gasteiger partial charge in [-0.25, -0.2) is 0 Å². The fourth-order valence-electron chi connectivity index (χ4n) is 10.2. The van der Waals surface area contributed by atoms with E-state index < -0.39 is 0 Å². The van der Waals surface area contributed by atoms with Crippen LogP contribution in [0.15, 0.2) is 316 Å². The molecular formula is C71H55N7. The number of anilines is 15. The topological polar surface area (TPSA) is 42.0 Å². The maximum absolute atomic E-state index is 4.85. The van der Waals surface area contributed by atoms with Gasteiger partial charge in [-0.3, -0.25) is 9.97 Å². The standard InChI is InChI=1S/C71H55N7/c1-54-32-34-64(35-33-54)77(65-42-36-61(37-43-65)74(55-20-8-2-9-21-55)56-22-10-3-11-23-56)70-48-50-72-52-68(70)69-53-73-51-49-71(69)78(66-44-38-62(39-45-66)75(57-24-12-4-13-25-57)58-26-14-5-15-27-58)67-46-40-63(41-47-67)76(59-28-16-6-17-29-59)60-30-18-7-19-31-60/h2-53H,1H3. The lowest BCUT2D eigenvalue weighted by molar-refractivity contribution is 1.21. The average Bonchev–Trinajstić information content (AvgIpc) is 3.59. The Labute approximate surface area is 457 Å². The summed E-state index contributed by atoms with van der Waals surface area (Å²) >= 11 is 0. The first-order chi connectivity index (χ1) is 38.6. The van der Waals surface area contributed by atoms with Gasteiger partial charge >= 0.3 is 0 Å². The molecular weight excluding hydrogens is 951 g/mol. The Bertz CT molecular complexity index is 3590. The third kappa shape index (κ3) is 10.2. The second kappa shape index (κ2) is 22.5. The highest BCUT2D eigenvalue weighted by atomic mass is 15.2. The largest absolute Gasteiger partial charge is 0.311 e. The van der Waals surface area contributed by atoms with E-state index in [-0.39, 0.29) is 0 Å². The first-order valence-corrected chi connectivity index (χ1v) is 26.2. The molecule has 374 valence electrons. The van der Waals surface area contributed by atoms with Gasteiger partial charge in [0, 0.05) is 110 Å². The van der Waals surface area contributed by atoms with Crippen molar-refractivity contribution >= 4 is 85.3 Å². The van der Waals surface area contributed by atoms with Crippen molar-refractivity contribution in [2.75, 3.05) is 24.5 Å². The third-order valence-corrected chi connectivity index (χ3v) is 13.8. The Morgan fingerprint density at radius 3 is 0.628 bits per heavy atom. The number of nitrogens with zero attached hydrogens (tertiary/aromatic N) is 7. The SMILES string of the molecule is Cc1ccc(N(c2ccc(N(c3ccccc3)c3ccccc3)cc2)c2ccncc2-c2cnccc2N(c2ccc(N(c3ccccc3)c3ccccc3)cc2)c2ccc(N(c3ccccc3)c3ccccc3)cc2)cc1. The van der Waals surface area contributed by atoms with Crippen LogP contribution in [0.3, 0.4) is 0 Å². The van der Waals surface area contributed by atoms with E-state index in [9.17, 15) is 0 Å². The van der Waals surface area contributed by atoms with Gasteiger partial charge in [0.2, 0.25) is 0 Å². The zero-order valence-corrected chi connectivity index (χ0v) is 43.2. The van der Waals surface area contributed by atoms with Gasteiger partial charge in [-0.2, -0.15) is 0 Å². The van der Waals surface area contributed by atoms with Gasteiger partial charge < -0.3 is 24.5 Å². The maximum atomic E-state index is 4.85. The van der Waals surface area contributed by atoms with Crippen LogP contribution in [0, 0.1) is 6.92 Å². The number of para-hydroxylation sites is 6. The molecule has 0 bridgehead atoms. The molecule has 12 aromatic rings. The van der Waals surface area contributed by atoms with E-state index in [0.717, 1.165) is 96.4 Å². The minimum Gasteiger partial charge on any atom is -0.311 e. The van der Waals surface area contributed by atoms with Crippen LogP contribution in [0.1, 0.15) is 5.56 Å². The molecule has 12 rings (SSSR count). The van der Waals surface area contributed by atoms with E-state index in [4.69, 9.17) is 9.97 Å². The Kier molecular flexibility index (Phi) is 14.0. The summed E-state index contributed by atoms with van der Waals surface area (Å²) in [5.41, 5.74) is 18.4. The highest BCUT2D eigenvalue weighted by Gasteiger charge is 2.25. The van der Waals surface area contributed by atoms with E-state index in [0.29, 0.717) is 0 Å². The van der Waals surface area contributed by atoms with Crippen molar-refractivity contribution in [3.05, 3.63) is 322 Å². The van der Waals surface area contributed by atoms with Gasteiger partial charge in [0.15, 0.2) is 0 Å². The molecule has 2 aromatic heterocycles. The van der Waals surface area contributed by atoms with Crippen LogP contribution < -0.4 is 24.5 Å². The predicted octanol–water partition coefficient (Wildman–Crippen LogP) is 19.8. The molecule has 0 atom stereocenters. The van der Waals surface area contributed by atoms with Gasteiger partial charge in [0.25, 0.3) is 0 Å². The van der Waals surface area contributed by atoms with Crippen molar-refractivity contribution in [3.8, 4) is 11.1 Å². The van der Waals surface area contributed by atoms with Crippen molar-refractivity contribution in [3.63, 3.8) is 0 Å². The van der Waals surface area contributed by atoms with Crippen molar-refractivity contribution in [1.29, 1.82) is 0 Å². The predicted molar refractivity (Wildman–Crippen MR) is 326 cm³/mol. The molecule has 0 fully saturated rings. The zero-order chi connectivity index (χ0) is 52.5. The molecule has 7 heteroatoms. The molecule has 0 aliphatic rings. The van der Waals surface area contributed by atoms with E-state index >= 15 is 0 Å². The van der Waals surface area contributed by atoms with Gasteiger partial charge in [-0.05, 0) is 177 Å². The highest BCUT2D eigenvalue weighted by Crippen LogP contribution is 2.48. The van der Waals surface area contributed by atoms with Gasteiger partial charge in [-0.1, -0.05) is 127 Å². The molecule has 0 saturated carbocycles. The second-order valence-corrected chi connectivity index (χ2v) is 18.9. The summed E-state index contributed by atoms with van der Waals surface area (Å²) < 4.78 is 0. The summed E-state index contributed by atoms with van der Waals surface area (Å²) in [4.78, 5) is 21.2. The summed E-state index contributed by atoms with van der Waals surface area (Å²) in [6, 6.07) is 103. The van der Waals surface area contributed by atoms with Crippen LogP contribution in [-0.4, -0.2) is 9.97 Å². The van der Waals surface area contributed by atoms with Gasteiger partial charge in [0.05, 0.1) is 11.4 Å². The maximum Gasteiger partial charge on any atom is 0.0572 e. The molecule has 0 amide bonds. The molecule has 0 aliphatic carbocycles. The van der Waals surface area contributed by atoms with Crippen LogP contribution in [0.2, 0.25) is 0 Å². The summed E-state index contributed by atoms with van der Waals surface area (Å²) in [6.45, 7) is 2.12. The first kappa shape index (κ1) is 48.4. The van der Waals surface area contributed by atoms with E-state index in [1.807, 2.05) is 24.8 Å². The molecule has 10 aromatic carbocycles. The van der Waals surface area contributed by atoms with Crippen LogP contribution in [-0.2, 0) is 0 Å². The van der Waals surface area contributed by atoms with E-state index in [2.05, 4.69) is 323 Å². The number of hydrogen-bond acceptors (Lipinski definition) is 7. The molecule has 0 radical (unpaired) electrons. The average molecular weight is 1010 g/mol. The molecule has 7 nitrogen and oxygen atoms in total. The van der Waals surface area contributed by atoms with E-state index in [1.54, 1.807) is 0 Å². The zero-order valence-electron chi connectivity index (χ0n) is 43.2. The van der Waals surface area contributed by atoms with Crippen LogP contribution in [0.25, 0.3) is 11.1 Å². The molecule has 0 N–H and O–H groups in total. The Balaban J connectivity index is 0.997. The summed E-state index contributed by atoms with van der Waals surface area (Å²) in [6.07, 6.45) is 7.70. The number of benzene rings is 10. The molecule has 0 spiro atoms. The van der Waals surface area contributed by atoms with Crippen LogP contribution in [0.5, 0.6) is 0 Å². The second-order valence-electron chi connectivity index (χ2n) is 18.9. The number of aryl methyl sites for hydroxylation is 1. The molecule has 78 heavy (non-hydrogen) atoms. The minimum absolute atomic E-state index is 0.909. The summed E-state index contributed by atoms with van der Waals surface area (Å²) in [7, 11) is 0. The Hall–Kier alpha value is -10.5. The minimum atomic E-state index is 0.909. The van der Waals surface area contributed by atoms with Crippen LogP contribution in [0.4, 0.5) is 85.3 Å². The monoisotopic (exact) mass is 1010 g/mol. The molecule has 2 heterocycles. The number of rotatable bonds is 16. The number of hydrogen-bond donors (Lipinski definition) is 0. The summed E-state index contributed by atoms with van der Waals surface area (Å²) in [5.74, 6) is 0. The molecule has 0 aliphatic heterocycles. The van der Waals surface area contributed by atoms with Gasteiger partial charge in [0.1, 0.15) is 0 Å². The quantitative estimate of drug-likeness (QED) is 0.0955. The van der Waals surface area contributed by atoms with Crippen LogP contribution >= 0.6 is 0 Å². The van der Waals surface area contributed by atoms with Gasteiger partial charge in [-0.15, -0.1) is 0 Å². The number of aromatic nitrogens is 2. The highest BCUT2D eigenvalue weighted by molar-refractivity contribution is 5.96. The third-order valence-electron chi connectivity index (χ3n) is 13.8. The van der Waals surface area contributed by atoms with Crippen molar-refractivity contribution in [1.82, 2.24) is 9.97 Å². The summed E-state index contributed by atoms with van der Waals surface area (Å²) in [5, 5.41) is 0. The normalized spacial score (nSPS) is 10.9. The van der Waals surface area contributed by atoms with Crippen molar-refractivity contribution in [2.24, 2.45) is 0 Å². The van der Waals surface area contributed by atoms with Crippen molar-refractivity contribution in [2.45, 2.75) is 6.92 Å². The molecule has 0 unspecified atom stereocenters. The lowest BCUT2D eigenvalue weighted by Crippen LogP contribution is -2.15. The number of pyridine rings is 2. The lowest BCUT2D eigenvalue weighted by atomic mass is 10.0. The fraction of sp³-hybridized carbons (Fsp3) is 0.0141. The fourth-order valence-corrected chi connectivity index (χ4v) is 10.2. The lowest BCUT2D eigenvalue weighted by Gasteiger charge is -2.32. The van der Waals surface area contributed by atoms with E-state index in [1.165, 1.54) is 5.56 Å². The smallest absolute Gasteiger partial charge is 0.0572 e. The van der Waals surface area contributed by atoms with Crippen molar-refractivity contribution < 1.29 is 0 Å². The Morgan fingerprint density at radius 2 is 0.397 bits per heavy atom. The Morgan fingerprint density at radius 1 is 0.205 bits per heavy atom. The molecule has 0 saturated heterocycles. The first-order valence-electron chi connectivity index (χ1n) is 26.2.